The summed E-state index contributed by atoms with van der Waals surface area (Å²) in [5.41, 5.74) is 0.886. The largest absolute Gasteiger partial charge is 0.480 e. The summed E-state index contributed by atoms with van der Waals surface area (Å²) < 4.78 is 0. The molecule has 1 aliphatic rings. The minimum absolute atomic E-state index is 0.0879. The number of amides is 2. The van der Waals surface area contributed by atoms with E-state index in [1.54, 1.807) is 0 Å². The molecule has 0 aliphatic heterocycles. The normalized spacial score (nSPS) is 17.4. The molecule has 5 nitrogen and oxygen atoms in total. The summed E-state index contributed by atoms with van der Waals surface area (Å²) in [6.45, 7) is 1.97. The Morgan fingerprint density at radius 2 is 1.90 bits per heavy atom. The molecule has 2 atom stereocenters. The van der Waals surface area contributed by atoms with E-state index in [2.05, 4.69) is 10.6 Å². The molecule has 1 fully saturated rings. The number of nitrogens with one attached hydrogen (secondary N) is 2. The number of hydrogen-bond donors (Lipinski definition) is 3. The zero-order valence-corrected chi connectivity index (χ0v) is 12.2. The van der Waals surface area contributed by atoms with E-state index in [0.717, 1.165) is 18.4 Å². The standard InChI is InChI=1S/C16H22N2O3/c1-11(13-8-5-9-13)17-16(21)18-14(15(19)20)10-12-6-3-2-4-7-12/h2-4,6-7,11,13-14H,5,8-10H2,1H3,(H,19,20)(H2,17,18,21)/t11?,14-/m1/s1. The molecule has 5 heteroatoms. The Kier molecular flexibility index (Phi) is 5.20. The first-order valence-electron chi connectivity index (χ1n) is 7.40. The van der Waals surface area contributed by atoms with Gasteiger partial charge in [-0.2, -0.15) is 0 Å². The van der Waals surface area contributed by atoms with Gasteiger partial charge in [-0.15, -0.1) is 0 Å². The van der Waals surface area contributed by atoms with Crippen LogP contribution in [0.15, 0.2) is 30.3 Å². The van der Waals surface area contributed by atoms with Gasteiger partial charge in [-0.05, 0) is 31.2 Å². The average Bonchev–Trinajstić information content (AvgIpc) is 2.36. The Balaban J connectivity index is 1.86. The Morgan fingerprint density at radius 3 is 2.43 bits per heavy atom. The lowest BCUT2D eigenvalue weighted by molar-refractivity contribution is -0.139. The summed E-state index contributed by atoms with van der Waals surface area (Å²) in [5, 5.41) is 14.6. The first-order chi connectivity index (χ1) is 10.1. The highest BCUT2D eigenvalue weighted by atomic mass is 16.4. The summed E-state index contributed by atoms with van der Waals surface area (Å²) in [6, 6.07) is 8.06. The number of carbonyl (C=O) groups excluding carboxylic acids is 1. The maximum atomic E-state index is 11.9. The Bertz CT molecular complexity index is 486. The van der Waals surface area contributed by atoms with E-state index < -0.39 is 18.0 Å². The Morgan fingerprint density at radius 1 is 1.24 bits per heavy atom. The molecule has 21 heavy (non-hydrogen) atoms. The van der Waals surface area contributed by atoms with Gasteiger partial charge in [0.2, 0.25) is 0 Å². The van der Waals surface area contributed by atoms with Crippen molar-refractivity contribution in [2.45, 2.75) is 44.7 Å². The SMILES string of the molecule is CC(NC(=O)N[C@H](Cc1ccccc1)C(=O)O)C1CCC1. The lowest BCUT2D eigenvalue weighted by atomic mass is 9.80. The van der Waals surface area contributed by atoms with E-state index in [-0.39, 0.29) is 12.5 Å². The number of carbonyl (C=O) groups is 2. The maximum Gasteiger partial charge on any atom is 0.326 e. The summed E-state index contributed by atoms with van der Waals surface area (Å²) in [4.78, 5) is 23.2. The van der Waals surface area contributed by atoms with Crippen molar-refractivity contribution in [3.05, 3.63) is 35.9 Å². The molecule has 2 rings (SSSR count). The number of aliphatic carboxylic acids is 1. The number of carboxylic acids is 1. The van der Waals surface area contributed by atoms with Crippen LogP contribution in [0.25, 0.3) is 0 Å². The summed E-state index contributed by atoms with van der Waals surface area (Å²) in [5.74, 6) is -0.501. The molecule has 1 aromatic carbocycles. The van der Waals surface area contributed by atoms with Gasteiger partial charge in [0, 0.05) is 12.5 Å². The molecule has 0 spiro atoms. The van der Waals surface area contributed by atoms with E-state index in [1.807, 2.05) is 37.3 Å². The van der Waals surface area contributed by atoms with Gasteiger partial charge in [0.25, 0.3) is 0 Å². The second-order valence-corrected chi connectivity index (χ2v) is 5.68. The van der Waals surface area contributed by atoms with Crippen molar-refractivity contribution in [3.63, 3.8) is 0 Å². The molecule has 0 saturated heterocycles. The smallest absolute Gasteiger partial charge is 0.326 e. The second kappa shape index (κ2) is 7.11. The predicted octanol–water partition coefficient (Wildman–Crippen LogP) is 2.17. The Labute approximate surface area is 124 Å². The molecule has 0 bridgehead atoms. The molecule has 1 aliphatic carbocycles. The third kappa shape index (κ3) is 4.48. The Hall–Kier alpha value is -2.04. The van der Waals surface area contributed by atoms with Crippen LogP contribution in [0.5, 0.6) is 0 Å². The fourth-order valence-corrected chi connectivity index (χ4v) is 2.51. The average molecular weight is 290 g/mol. The minimum Gasteiger partial charge on any atom is -0.480 e. The van der Waals surface area contributed by atoms with Gasteiger partial charge in [-0.3, -0.25) is 0 Å². The predicted molar refractivity (Wildman–Crippen MR) is 80.0 cm³/mol. The zero-order valence-electron chi connectivity index (χ0n) is 12.2. The highest BCUT2D eigenvalue weighted by Crippen LogP contribution is 2.29. The van der Waals surface area contributed by atoms with Gasteiger partial charge in [0.05, 0.1) is 0 Å². The molecule has 1 unspecified atom stereocenters. The number of urea groups is 1. The fraction of sp³-hybridized carbons (Fsp3) is 0.500. The molecule has 0 radical (unpaired) electrons. The van der Waals surface area contributed by atoms with Crippen LogP contribution < -0.4 is 10.6 Å². The van der Waals surface area contributed by atoms with Crippen molar-refractivity contribution in [1.29, 1.82) is 0 Å². The summed E-state index contributed by atoms with van der Waals surface area (Å²) in [7, 11) is 0. The van der Waals surface area contributed by atoms with Crippen LogP contribution >= 0.6 is 0 Å². The van der Waals surface area contributed by atoms with Crippen molar-refractivity contribution in [1.82, 2.24) is 10.6 Å². The summed E-state index contributed by atoms with van der Waals surface area (Å²) in [6.07, 6.45) is 3.76. The highest BCUT2D eigenvalue weighted by molar-refractivity contribution is 5.82. The second-order valence-electron chi connectivity index (χ2n) is 5.68. The van der Waals surface area contributed by atoms with Gasteiger partial charge in [-0.1, -0.05) is 36.8 Å². The van der Waals surface area contributed by atoms with E-state index in [4.69, 9.17) is 0 Å². The van der Waals surface area contributed by atoms with Gasteiger partial charge in [0.15, 0.2) is 0 Å². The molecule has 2 amide bonds. The molecule has 1 aromatic rings. The molecular formula is C16H22N2O3. The van der Waals surface area contributed by atoms with Crippen LogP contribution in [0.1, 0.15) is 31.7 Å². The first-order valence-corrected chi connectivity index (χ1v) is 7.40. The lowest BCUT2D eigenvalue weighted by Crippen LogP contribution is -2.51. The van der Waals surface area contributed by atoms with Gasteiger partial charge in [0.1, 0.15) is 6.04 Å². The molecular weight excluding hydrogens is 268 g/mol. The first kappa shape index (κ1) is 15.4. The van der Waals surface area contributed by atoms with E-state index in [1.165, 1.54) is 6.42 Å². The highest BCUT2D eigenvalue weighted by Gasteiger charge is 2.26. The molecule has 0 heterocycles. The third-order valence-electron chi connectivity index (χ3n) is 4.10. The lowest BCUT2D eigenvalue weighted by Gasteiger charge is -2.32. The van der Waals surface area contributed by atoms with Crippen molar-refractivity contribution in [3.8, 4) is 0 Å². The van der Waals surface area contributed by atoms with Gasteiger partial charge in [-0.25, -0.2) is 9.59 Å². The quantitative estimate of drug-likeness (QED) is 0.751. The van der Waals surface area contributed by atoms with Crippen LogP contribution in [0.3, 0.4) is 0 Å². The molecule has 114 valence electrons. The molecule has 0 aromatic heterocycles. The van der Waals surface area contributed by atoms with E-state index in [0.29, 0.717) is 5.92 Å². The number of carboxylic acid groups (broad SMARTS) is 1. The number of hydrogen-bond acceptors (Lipinski definition) is 2. The van der Waals surface area contributed by atoms with E-state index in [9.17, 15) is 14.7 Å². The van der Waals surface area contributed by atoms with Gasteiger partial charge >= 0.3 is 12.0 Å². The fourth-order valence-electron chi connectivity index (χ4n) is 2.51. The monoisotopic (exact) mass is 290 g/mol. The van der Waals surface area contributed by atoms with Crippen molar-refractivity contribution in [2.24, 2.45) is 5.92 Å². The van der Waals surface area contributed by atoms with Crippen molar-refractivity contribution >= 4 is 12.0 Å². The minimum atomic E-state index is -1.02. The molecule has 3 N–H and O–H groups in total. The number of benzene rings is 1. The molecule has 1 saturated carbocycles. The van der Waals surface area contributed by atoms with Crippen LogP contribution in [-0.2, 0) is 11.2 Å². The topological polar surface area (TPSA) is 78.4 Å². The van der Waals surface area contributed by atoms with Crippen LogP contribution in [0.4, 0.5) is 4.79 Å². The van der Waals surface area contributed by atoms with Crippen LogP contribution in [-0.4, -0.2) is 29.2 Å². The van der Waals surface area contributed by atoms with Crippen molar-refractivity contribution in [2.75, 3.05) is 0 Å². The maximum absolute atomic E-state index is 11.9. The third-order valence-corrected chi connectivity index (χ3v) is 4.10. The van der Waals surface area contributed by atoms with Crippen LogP contribution in [0.2, 0.25) is 0 Å². The number of rotatable bonds is 6. The van der Waals surface area contributed by atoms with Crippen molar-refractivity contribution < 1.29 is 14.7 Å². The summed E-state index contributed by atoms with van der Waals surface area (Å²) >= 11 is 0. The zero-order chi connectivity index (χ0) is 15.2. The van der Waals surface area contributed by atoms with E-state index >= 15 is 0 Å². The van der Waals surface area contributed by atoms with Crippen LogP contribution in [0, 0.1) is 5.92 Å². The van der Waals surface area contributed by atoms with Gasteiger partial charge < -0.3 is 15.7 Å².